The highest BCUT2D eigenvalue weighted by Crippen LogP contribution is 2.36. The molecule has 8 nitrogen and oxygen atoms in total. The minimum absolute atomic E-state index is 0. The van der Waals surface area contributed by atoms with Crippen LogP contribution >= 0.6 is 0 Å². The van der Waals surface area contributed by atoms with E-state index in [1.807, 2.05) is 97.1 Å². The van der Waals surface area contributed by atoms with Gasteiger partial charge in [-0.25, -0.2) is 29.9 Å². The first-order valence-electron chi connectivity index (χ1n) is 13.0. The molecule has 189 valence electrons. The predicted octanol–water partition coefficient (Wildman–Crippen LogP) is 6.49. The molecule has 3 aromatic heterocycles. The molecule has 0 fully saturated rings. The summed E-state index contributed by atoms with van der Waals surface area (Å²) in [5.74, 6) is 2.39. The highest BCUT2D eigenvalue weighted by atomic mass is 27.0. The van der Waals surface area contributed by atoms with Gasteiger partial charge in [0.2, 0.25) is 0 Å². The van der Waals surface area contributed by atoms with E-state index in [9.17, 15) is 0 Å². The molecule has 8 bridgehead atoms. The maximum atomic E-state index is 5.02. The van der Waals surface area contributed by atoms with Crippen LogP contribution < -0.4 is 0 Å². The summed E-state index contributed by atoms with van der Waals surface area (Å²) in [4.78, 5) is 36.8. The lowest BCUT2D eigenvalue weighted by Crippen LogP contribution is -1.82. The Labute approximate surface area is 243 Å². The maximum Gasteiger partial charge on any atom is 0.164 e. The van der Waals surface area contributed by atoms with Crippen LogP contribution in [0.4, 0.5) is 0 Å². The molecule has 7 aromatic rings. The van der Waals surface area contributed by atoms with Crippen LogP contribution in [-0.4, -0.2) is 57.2 Å². The summed E-state index contributed by atoms with van der Waals surface area (Å²) in [5.41, 5.74) is 6.45. The first kappa shape index (κ1) is 23.6. The summed E-state index contributed by atoms with van der Waals surface area (Å²) < 4.78 is 0. The standard InChI is InChI=1S/C32H18N8.Al/c1-2-10-18-17(9-1)25-33-26(18)38-28-21-13-5-6-14-22(21)30(35-28)40-32-24-16-8-7-15-23(24)31(36-32)39-29-20-12-4-3-11-19(20)27(34-29)37-25;/h1-16H,(H2,33,34,35,36,37,38,39,40);. The van der Waals surface area contributed by atoms with Gasteiger partial charge in [-0.1, -0.05) is 97.1 Å². The molecule has 2 aliphatic heterocycles. The minimum atomic E-state index is 0. The molecule has 41 heavy (non-hydrogen) atoms. The van der Waals surface area contributed by atoms with Gasteiger partial charge in [-0.3, -0.25) is 0 Å². The van der Waals surface area contributed by atoms with Gasteiger partial charge in [0, 0.05) is 61.2 Å². The number of H-pyrrole nitrogens is 2. The van der Waals surface area contributed by atoms with Crippen LogP contribution in [0.1, 0.15) is 0 Å². The van der Waals surface area contributed by atoms with Crippen molar-refractivity contribution in [3.8, 4) is 45.6 Å². The van der Waals surface area contributed by atoms with Crippen molar-refractivity contribution in [1.29, 1.82) is 0 Å². The quantitative estimate of drug-likeness (QED) is 0.213. The molecule has 5 heterocycles. The zero-order chi connectivity index (χ0) is 26.2. The van der Waals surface area contributed by atoms with Crippen LogP contribution in [0.3, 0.4) is 0 Å². The fourth-order valence-corrected chi connectivity index (χ4v) is 5.59. The number of hydrogen-bond acceptors (Lipinski definition) is 6. The van der Waals surface area contributed by atoms with E-state index in [-0.39, 0.29) is 17.4 Å². The molecule has 4 aromatic carbocycles. The molecule has 0 unspecified atom stereocenters. The van der Waals surface area contributed by atoms with E-state index in [1.165, 1.54) is 0 Å². The number of benzene rings is 4. The highest BCUT2D eigenvalue weighted by molar-refractivity contribution is 6.06. The average Bonchev–Trinajstić information content (AvgIpc) is 3.73. The van der Waals surface area contributed by atoms with Crippen LogP contribution in [0.15, 0.2) is 97.1 Å². The van der Waals surface area contributed by atoms with Crippen LogP contribution in [0.2, 0.25) is 0 Å². The third kappa shape index (κ3) is 3.54. The lowest BCUT2D eigenvalue weighted by molar-refractivity contribution is 1.19. The summed E-state index contributed by atoms with van der Waals surface area (Å²) in [6.45, 7) is 0. The van der Waals surface area contributed by atoms with E-state index in [1.54, 1.807) is 0 Å². The SMILES string of the molecule is [Al].c1ccc2c(c1)-c1nc-2nc2[nH]c(nc3nc(nc4[nH]c(n1)c1ccccc41)-c1ccccc1-3)c1ccccc21. The van der Waals surface area contributed by atoms with E-state index in [0.29, 0.717) is 45.9 Å². The summed E-state index contributed by atoms with van der Waals surface area (Å²) in [5, 5.41) is 3.82. The van der Waals surface area contributed by atoms with E-state index >= 15 is 0 Å². The topological polar surface area (TPSA) is 109 Å². The Kier molecular flexibility index (Phi) is 5.13. The number of hydrogen-bond donors (Lipinski definition) is 2. The number of aromatic nitrogens is 8. The van der Waals surface area contributed by atoms with Gasteiger partial charge in [-0.15, -0.1) is 0 Å². The molecule has 0 aliphatic carbocycles. The molecule has 9 rings (SSSR count). The largest absolute Gasteiger partial charge is 0.324 e. The van der Waals surface area contributed by atoms with Crippen molar-refractivity contribution in [3.63, 3.8) is 0 Å². The van der Waals surface area contributed by atoms with Crippen molar-refractivity contribution in [3.05, 3.63) is 97.1 Å². The van der Waals surface area contributed by atoms with Crippen molar-refractivity contribution in [2.24, 2.45) is 0 Å². The van der Waals surface area contributed by atoms with Gasteiger partial charge in [0.25, 0.3) is 0 Å². The van der Waals surface area contributed by atoms with Gasteiger partial charge in [-0.2, -0.15) is 0 Å². The predicted molar refractivity (Wildman–Crippen MR) is 162 cm³/mol. The number of nitrogens with one attached hydrogen (secondary N) is 2. The lowest BCUT2D eigenvalue weighted by atomic mass is 10.1. The molecule has 3 radical (unpaired) electrons. The first-order chi connectivity index (χ1) is 19.8. The number of fused-ring (bicyclic) bond motifs is 20. The fourth-order valence-electron chi connectivity index (χ4n) is 5.59. The zero-order valence-electron chi connectivity index (χ0n) is 21.5. The molecule has 2 aliphatic rings. The summed E-state index contributed by atoms with van der Waals surface area (Å²) in [7, 11) is 0. The molecule has 0 saturated heterocycles. The number of nitrogens with zero attached hydrogens (tertiary/aromatic N) is 6. The van der Waals surface area contributed by atoms with Crippen LogP contribution in [0.5, 0.6) is 0 Å². The zero-order valence-corrected chi connectivity index (χ0v) is 22.7. The summed E-state index contributed by atoms with van der Waals surface area (Å²) in [6, 6.07) is 32.2. The Morgan fingerprint density at radius 2 is 0.561 bits per heavy atom. The summed E-state index contributed by atoms with van der Waals surface area (Å²) >= 11 is 0. The lowest BCUT2D eigenvalue weighted by Gasteiger charge is -1.96. The fraction of sp³-hybridized carbons (Fsp3) is 0. The maximum absolute atomic E-state index is 5.02. The van der Waals surface area contributed by atoms with E-state index in [2.05, 4.69) is 9.97 Å². The summed E-state index contributed by atoms with van der Waals surface area (Å²) in [6.07, 6.45) is 0. The Hall–Kier alpha value is -5.23. The van der Waals surface area contributed by atoms with Gasteiger partial charge in [0.1, 0.15) is 22.6 Å². The third-order valence-corrected chi connectivity index (χ3v) is 7.46. The van der Waals surface area contributed by atoms with Gasteiger partial charge >= 0.3 is 0 Å². The molecule has 0 atom stereocenters. The van der Waals surface area contributed by atoms with Gasteiger partial charge < -0.3 is 9.97 Å². The molecule has 2 N–H and O–H groups in total. The Morgan fingerprint density at radius 1 is 0.317 bits per heavy atom. The Morgan fingerprint density at radius 3 is 0.829 bits per heavy atom. The second-order valence-corrected chi connectivity index (χ2v) is 9.79. The second kappa shape index (κ2) is 8.90. The molecule has 0 amide bonds. The molecular formula is C32H18AlN8. The third-order valence-electron chi connectivity index (χ3n) is 7.46. The Bertz CT molecular complexity index is 2030. The molecule has 0 spiro atoms. The Balaban J connectivity index is 0.00000256. The van der Waals surface area contributed by atoms with Gasteiger partial charge in [0.15, 0.2) is 23.3 Å². The van der Waals surface area contributed by atoms with Crippen molar-refractivity contribution < 1.29 is 0 Å². The monoisotopic (exact) mass is 541 g/mol. The van der Waals surface area contributed by atoms with E-state index in [4.69, 9.17) is 29.9 Å². The minimum Gasteiger partial charge on any atom is -0.324 e. The van der Waals surface area contributed by atoms with Crippen molar-refractivity contribution in [2.75, 3.05) is 0 Å². The van der Waals surface area contributed by atoms with Gasteiger partial charge in [-0.05, 0) is 0 Å². The van der Waals surface area contributed by atoms with Crippen molar-refractivity contribution in [1.82, 2.24) is 39.9 Å². The number of rotatable bonds is 0. The highest BCUT2D eigenvalue weighted by Gasteiger charge is 2.21. The van der Waals surface area contributed by atoms with Crippen LogP contribution in [-0.2, 0) is 0 Å². The van der Waals surface area contributed by atoms with Crippen molar-refractivity contribution in [2.45, 2.75) is 0 Å². The van der Waals surface area contributed by atoms with E-state index < -0.39 is 0 Å². The molecule has 0 saturated carbocycles. The normalized spacial score (nSPS) is 11.7. The smallest absolute Gasteiger partial charge is 0.164 e. The van der Waals surface area contributed by atoms with Gasteiger partial charge in [0.05, 0.1) is 0 Å². The van der Waals surface area contributed by atoms with Crippen molar-refractivity contribution >= 4 is 61.5 Å². The second-order valence-electron chi connectivity index (χ2n) is 9.79. The molecule has 9 heteroatoms. The first-order valence-corrected chi connectivity index (χ1v) is 13.0. The molecular weight excluding hydrogens is 523 g/mol. The average molecular weight is 542 g/mol. The van der Waals surface area contributed by atoms with E-state index in [0.717, 1.165) is 43.8 Å². The number of aromatic amines is 2. The van der Waals surface area contributed by atoms with Crippen LogP contribution in [0, 0.1) is 0 Å². The van der Waals surface area contributed by atoms with Crippen LogP contribution in [0.25, 0.3) is 89.7 Å².